The molecule has 2 aromatic rings. The molecule has 5 nitrogen and oxygen atoms in total. The van der Waals surface area contributed by atoms with Gasteiger partial charge in [0.1, 0.15) is 5.82 Å². The highest BCUT2D eigenvalue weighted by molar-refractivity contribution is 5.72. The maximum absolute atomic E-state index is 5.59. The fourth-order valence-electron chi connectivity index (χ4n) is 1.68. The number of nitrogen functional groups attached to an aromatic ring is 1. The van der Waals surface area contributed by atoms with E-state index in [4.69, 9.17) is 15.2 Å². The number of aromatic amines is 1. The lowest BCUT2D eigenvalue weighted by molar-refractivity contribution is 0.311. The number of benzene rings is 1. The molecule has 0 aliphatic heterocycles. The van der Waals surface area contributed by atoms with Crippen molar-refractivity contribution < 1.29 is 9.47 Å². The SMILES string of the molecule is CCOc1cccc(-c2cc(N)n[nH]2)c1OC. The van der Waals surface area contributed by atoms with Crippen molar-refractivity contribution in [2.75, 3.05) is 19.5 Å². The van der Waals surface area contributed by atoms with Crippen molar-refractivity contribution in [1.82, 2.24) is 10.2 Å². The van der Waals surface area contributed by atoms with Crippen LogP contribution in [0, 0.1) is 0 Å². The number of nitrogens with one attached hydrogen (secondary N) is 1. The van der Waals surface area contributed by atoms with Crippen molar-refractivity contribution in [3.63, 3.8) is 0 Å². The Kier molecular flexibility index (Phi) is 3.18. The van der Waals surface area contributed by atoms with Gasteiger partial charge >= 0.3 is 0 Å². The van der Waals surface area contributed by atoms with Crippen LogP contribution in [0.25, 0.3) is 11.3 Å². The van der Waals surface area contributed by atoms with Crippen molar-refractivity contribution in [2.24, 2.45) is 0 Å². The van der Waals surface area contributed by atoms with Crippen molar-refractivity contribution in [2.45, 2.75) is 6.92 Å². The van der Waals surface area contributed by atoms with Crippen molar-refractivity contribution in [1.29, 1.82) is 0 Å². The Bertz CT molecular complexity index is 508. The summed E-state index contributed by atoms with van der Waals surface area (Å²) < 4.78 is 10.9. The molecule has 0 unspecified atom stereocenters. The van der Waals surface area contributed by atoms with Crippen LogP contribution in [0.15, 0.2) is 24.3 Å². The van der Waals surface area contributed by atoms with E-state index in [0.29, 0.717) is 23.9 Å². The van der Waals surface area contributed by atoms with E-state index in [1.807, 2.05) is 25.1 Å². The zero-order valence-corrected chi connectivity index (χ0v) is 9.86. The minimum atomic E-state index is 0.448. The van der Waals surface area contributed by atoms with Crippen LogP contribution < -0.4 is 15.2 Å². The highest BCUT2D eigenvalue weighted by Crippen LogP contribution is 2.37. The van der Waals surface area contributed by atoms with E-state index in [2.05, 4.69) is 10.2 Å². The third-order valence-electron chi connectivity index (χ3n) is 2.37. The number of H-pyrrole nitrogens is 1. The van der Waals surface area contributed by atoms with Gasteiger partial charge in [-0.15, -0.1) is 0 Å². The molecule has 1 aromatic carbocycles. The number of aromatic nitrogens is 2. The fourth-order valence-corrected chi connectivity index (χ4v) is 1.68. The molecule has 1 heterocycles. The second kappa shape index (κ2) is 4.78. The monoisotopic (exact) mass is 233 g/mol. The van der Waals surface area contributed by atoms with Crippen molar-refractivity contribution in [3.8, 4) is 22.8 Å². The lowest BCUT2D eigenvalue weighted by Crippen LogP contribution is -1.97. The van der Waals surface area contributed by atoms with Crippen LogP contribution in [0.1, 0.15) is 6.92 Å². The quantitative estimate of drug-likeness (QED) is 0.847. The van der Waals surface area contributed by atoms with Crippen molar-refractivity contribution in [3.05, 3.63) is 24.3 Å². The average molecular weight is 233 g/mol. The molecule has 5 heteroatoms. The van der Waals surface area contributed by atoms with Gasteiger partial charge < -0.3 is 15.2 Å². The van der Waals surface area contributed by atoms with Gasteiger partial charge in [0, 0.05) is 11.6 Å². The molecule has 0 atom stereocenters. The zero-order chi connectivity index (χ0) is 12.3. The summed E-state index contributed by atoms with van der Waals surface area (Å²) in [7, 11) is 1.61. The summed E-state index contributed by atoms with van der Waals surface area (Å²) in [5, 5.41) is 6.76. The van der Waals surface area contributed by atoms with E-state index < -0.39 is 0 Å². The summed E-state index contributed by atoms with van der Waals surface area (Å²) >= 11 is 0. The van der Waals surface area contributed by atoms with Crippen LogP contribution >= 0.6 is 0 Å². The predicted octanol–water partition coefficient (Wildman–Crippen LogP) is 2.07. The number of para-hydroxylation sites is 1. The predicted molar refractivity (Wildman–Crippen MR) is 66.2 cm³/mol. The molecular formula is C12H15N3O2. The topological polar surface area (TPSA) is 73.2 Å². The number of hydrogen-bond acceptors (Lipinski definition) is 4. The maximum atomic E-state index is 5.59. The molecular weight excluding hydrogens is 218 g/mol. The Labute approximate surface area is 99.5 Å². The zero-order valence-electron chi connectivity index (χ0n) is 9.86. The number of nitrogens with zero attached hydrogens (tertiary/aromatic N) is 1. The Balaban J connectivity index is 2.49. The van der Waals surface area contributed by atoms with E-state index in [9.17, 15) is 0 Å². The fraction of sp³-hybridized carbons (Fsp3) is 0.250. The molecule has 0 amide bonds. The maximum Gasteiger partial charge on any atom is 0.170 e. The molecule has 0 aliphatic rings. The van der Waals surface area contributed by atoms with Crippen LogP contribution in [-0.4, -0.2) is 23.9 Å². The summed E-state index contributed by atoms with van der Waals surface area (Å²) in [4.78, 5) is 0. The van der Waals surface area contributed by atoms with E-state index in [1.165, 1.54) is 0 Å². The molecule has 2 rings (SSSR count). The molecule has 0 spiro atoms. The standard InChI is InChI=1S/C12H15N3O2/c1-3-17-10-6-4-5-8(12(10)16-2)9-7-11(13)15-14-9/h4-7H,3H2,1-2H3,(H3,13,14,15). The molecule has 0 saturated carbocycles. The number of hydrogen-bond donors (Lipinski definition) is 2. The van der Waals surface area contributed by atoms with Crippen LogP contribution in [0.4, 0.5) is 5.82 Å². The first-order chi connectivity index (χ1) is 8.26. The number of rotatable bonds is 4. The Morgan fingerprint density at radius 1 is 1.41 bits per heavy atom. The molecule has 0 radical (unpaired) electrons. The molecule has 0 saturated heterocycles. The van der Waals surface area contributed by atoms with Gasteiger partial charge in [-0.3, -0.25) is 5.10 Å². The first-order valence-corrected chi connectivity index (χ1v) is 5.37. The molecule has 3 N–H and O–H groups in total. The minimum Gasteiger partial charge on any atom is -0.492 e. The highest BCUT2D eigenvalue weighted by atomic mass is 16.5. The highest BCUT2D eigenvalue weighted by Gasteiger charge is 2.13. The Morgan fingerprint density at radius 2 is 2.24 bits per heavy atom. The molecule has 1 aromatic heterocycles. The number of nitrogens with two attached hydrogens (primary N) is 1. The number of methoxy groups -OCH3 is 1. The van der Waals surface area contributed by atoms with Crippen LogP contribution in [-0.2, 0) is 0 Å². The van der Waals surface area contributed by atoms with Crippen molar-refractivity contribution >= 4 is 5.82 Å². The lowest BCUT2D eigenvalue weighted by Gasteiger charge is -2.12. The van der Waals surface area contributed by atoms with Gasteiger partial charge in [-0.25, -0.2) is 0 Å². The second-order valence-electron chi connectivity index (χ2n) is 3.48. The van der Waals surface area contributed by atoms with E-state index in [-0.39, 0.29) is 0 Å². The minimum absolute atomic E-state index is 0.448. The first-order valence-electron chi connectivity index (χ1n) is 5.37. The van der Waals surface area contributed by atoms with Gasteiger partial charge in [0.15, 0.2) is 11.5 Å². The summed E-state index contributed by atoms with van der Waals surface area (Å²) in [6.07, 6.45) is 0. The van der Waals surface area contributed by atoms with Crippen LogP contribution in [0.3, 0.4) is 0 Å². The molecule has 0 aliphatic carbocycles. The third-order valence-corrected chi connectivity index (χ3v) is 2.37. The van der Waals surface area contributed by atoms with Gasteiger partial charge in [0.2, 0.25) is 0 Å². The average Bonchev–Trinajstić information content (AvgIpc) is 2.76. The van der Waals surface area contributed by atoms with Gasteiger partial charge in [-0.05, 0) is 19.1 Å². The molecule has 17 heavy (non-hydrogen) atoms. The first kappa shape index (κ1) is 11.3. The lowest BCUT2D eigenvalue weighted by atomic mass is 10.1. The van der Waals surface area contributed by atoms with Gasteiger partial charge in [-0.1, -0.05) is 6.07 Å². The second-order valence-corrected chi connectivity index (χ2v) is 3.48. The van der Waals surface area contributed by atoms with Gasteiger partial charge in [0.05, 0.1) is 19.4 Å². The summed E-state index contributed by atoms with van der Waals surface area (Å²) in [5.41, 5.74) is 7.27. The third kappa shape index (κ3) is 2.18. The van der Waals surface area contributed by atoms with Crippen LogP contribution in [0.5, 0.6) is 11.5 Å². The van der Waals surface area contributed by atoms with Gasteiger partial charge in [0.25, 0.3) is 0 Å². The summed E-state index contributed by atoms with van der Waals surface area (Å²) in [6, 6.07) is 7.45. The molecule has 90 valence electrons. The molecule has 0 fully saturated rings. The van der Waals surface area contributed by atoms with E-state index >= 15 is 0 Å². The smallest absolute Gasteiger partial charge is 0.170 e. The largest absolute Gasteiger partial charge is 0.492 e. The Hall–Kier alpha value is -2.17. The van der Waals surface area contributed by atoms with E-state index in [1.54, 1.807) is 13.2 Å². The summed E-state index contributed by atoms with van der Waals surface area (Å²) in [5.74, 6) is 1.84. The van der Waals surface area contributed by atoms with E-state index in [0.717, 1.165) is 11.3 Å². The van der Waals surface area contributed by atoms with Crippen LogP contribution in [0.2, 0.25) is 0 Å². The van der Waals surface area contributed by atoms with Gasteiger partial charge in [-0.2, -0.15) is 5.10 Å². The normalized spacial score (nSPS) is 10.2. The molecule has 0 bridgehead atoms. The number of anilines is 1. The summed E-state index contributed by atoms with van der Waals surface area (Å²) in [6.45, 7) is 2.52. The number of ether oxygens (including phenoxy) is 2. The Morgan fingerprint density at radius 3 is 2.82 bits per heavy atom.